The second-order valence-corrected chi connectivity index (χ2v) is 6.55. The Bertz CT molecular complexity index is 943. The molecule has 2 heterocycles. The van der Waals surface area contributed by atoms with Crippen molar-refractivity contribution >= 4 is 5.91 Å². The van der Waals surface area contributed by atoms with Gasteiger partial charge in [0.2, 0.25) is 5.88 Å². The molecule has 2 aromatic heterocycles. The Hall–Kier alpha value is -3.29. The molecule has 3 N–H and O–H groups in total. The number of carbonyl (C=O) groups excluding carboxylic acids is 1. The van der Waals surface area contributed by atoms with Crippen LogP contribution in [0.2, 0.25) is 0 Å². The molecule has 1 amide bonds. The summed E-state index contributed by atoms with van der Waals surface area (Å²) in [6, 6.07) is 15.0. The average molecular weight is 392 g/mol. The number of amides is 1. The minimum absolute atomic E-state index is 0.251. The van der Waals surface area contributed by atoms with Gasteiger partial charge in [0.15, 0.2) is 0 Å². The highest BCUT2D eigenvalue weighted by Gasteiger charge is 2.17. The number of methoxy groups -OCH3 is 1. The maximum Gasteiger partial charge on any atom is 0.253 e. The van der Waals surface area contributed by atoms with Crippen molar-refractivity contribution in [2.45, 2.75) is 26.3 Å². The lowest BCUT2D eigenvalue weighted by atomic mass is 10.1. The highest BCUT2D eigenvalue weighted by atomic mass is 16.5. The number of nitrogens with one attached hydrogen (secondary N) is 1. The van der Waals surface area contributed by atoms with Crippen LogP contribution in [0.25, 0.3) is 0 Å². The minimum Gasteiger partial charge on any atom is -0.473 e. The molecule has 0 bridgehead atoms. The third-order valence-electron chi connectivity index (χ3n) is 4.35. The number of aromatic nitrogens is 2. The molecule has 0 aliphatic heterocycles. The summed E-state index contributed by atoms with van der Waals surface area (Å²) in [6.07, 6.45) is 2.60. The molecule has 3 aromatic rings. The number of pyridine rings is 2. The van der Waals surface area contributed by atoms with Gasteiger partial charge in [-0.1, -0.05) is 30.3 Å². The molecular formula is C22H24N4O3. The van der Waals surface area contributed by atoms with Crippen LogP contribution in [-0.2, 0) is 17.9 Å². The molecule has 7 heteroatoms. The largest absolute Gasteiger partial charge is 0.473 e. The topological polar surface area (TPSA) is 99.4 Å². The van der Waals surface area contributed by atoms with Crippen LogP contribution in [0, 0.1) is 6.92 Å². The van der Waals surface area contributed by atoms with Gasteiger partial charge in [-0.25, -0.2) is 4.98 Å². The Morgan fingerprint density at radius 1 is 1.10 bits per heavy atom. The van der Waals surface area contributed by atoms with Crippen molar-refractivity contribution in [1.29, 1.82) is 0 Å². The van der Waals surface area contributed by atoms with E-state index >= 15 is 0 Å². The van der Waals surface area contributed by atoms with E-state index in [1.54, 1.807) is 24.5 Å². The van der Waals surface area contributed by atoms with Gasteiger partial charge in [0.05, 0.1) is 11.3 Å². The van der Waals surface area contributed by atoms with Crippen LogP contribution in [0.5, 0.6) is 5.88 Å². The van der Waals surface area contributed by atoms with Crippen LogP contribution in [-0.4, -0.2) is 23.0 Å². The fourth-order valence-corrected chi connectivity index (χ4v) is 2.68. The monoisotopic (exact) mass is 392 g/mol. The third-order valence-corrected chi connectivity index (χ3v) is 4.35. The van der Waals surface area contributed by atoms with Gasteiger partial charge >= 0.3 is 0 Å². The Balaban J connectivity index is 1.55. The quantitative estimate of drug-likeness (QED) is 0.572. The van der Waals surface area contributed by atoms with E-state index in [4.69, 9.17) is 15.2 Å². The van der Waals surface area contributed by atoms with Crippen molar-refractivity contribution in [3.63, 3.8) is 0 Å². The van der Waals surface area contributed by atoms with Crippen molar-refractivity contribution in [2.24, 2.45) is 5.73 Å². The second-order valence-electron chi connectivity index (χ2n) is 6.55. The molecule has 7 nitrogen and oxygen atoms in total. The predicted octanol–water partition coefficient (Wildman–Crippen LogP) is 2.90. The zero-order valence-electron chi connectivity index (χ0n) is 16.5. The van der Waals surface area contributed by atoms with Crippen LogP contribution in [0.1, 0.15) is 39.0 Å². The van der Waals surface area contributed by atoms with Crippen LogP contribution >= 0.6 is 0 Å². The zero-order chi connectivity index (χ0) is 20.6. The molecule has 29 heavy (non-hydrogen) atoms. The smallest absolute Gasteiger partial charge is 0.253 e. The van der Waals surface area contributed by atoms with E-state index in [0.29, 0.717) is 30.3 Å². The number of carbonyl (C=O) groups is 1. The van der Waals surface area contributed by atoms with E-state index in [1.807, 2.05) is 43.3 Å². The van der Waals surface area contributed by atoms with Gasteiger partial charge in [-0.15, -0.1) is 0 Å². The number of hydrogen-bond donors (Lipinski definition) is 2. The van der Waals surface area contributed by atoms with Gasteiger partial charge < -0.3 is 20.5 Å². The van der Waals surface area contributed by atoms with E-state index < -0.39 is 6.23 Å². The summed E-state index contributed by atoms with van der Waals surface area (Å²) < 4.78 is 10.8. The Labute approximate surface area is 169 Å². The summed E-state index contributed by atoms with van der Waals surface area (Å²) in [6.45, 7) is 2.79. The molecule has 0 saturated carbocycles. The maximum absolute atomic E-state index is 12.5. The highest BCUT2D eigenvalue weighted by molar-refractivity contribution is 5.95. The Morgan fingerprint density at radius 3 is 2.55 bits per heavy atom. The molecule has 0 radical (unpaired) electrons. The van der Waals surface area contributed by atoms with E-state index in [2.05, 4.69) is 15.3 Å². The summed E-state index contributed by atoms with van der Waals surface area (Å²) >= 11 is 0. The lowest BCUT2D eigenvalue weighted by Gasteiger charge is -2.13. The van der Waals surface area contributed by atoms with Gasteiger partial charge in [-0.2, -0.15) is 0 Å². The number of rotatable bonds is 8. The van der Waals surface area contributed by atoms with Crippen LogP contribution in [0.4, 0.5) is 0 Å². The SMILES string of the molecule is COC(N)c1ncccc1C(=O)NCc1ccc(COc2ccc(C)cn2)cc1. The first-order valence-electron chi connectivity index (χ1n) is 9.21. The third kappa shape index (κ3) is 5.60. The Kier molecular flexibility index (Phi) is 6.89. The number of ether oxygens (including phenoxy) is 2. The molecule has 0 aliphatic carbocycles. The molecule has 0 fully saturated rings. The Morgan fingerprint density at radius 2 is 1.86 bits per heavy atom. The molecule has 0 spiro atoms. The average Bonchev–Trinajstić information content (AvgIpc) is 2.77. The number of benzene rings is 1. The van der Waals surface area contributed by atoms with Gasteiger partial charge in [0, 0.05) is 32.1 Å². The first kappa shape index (κ1) is 20.4. The molecule has 0 saturated heterocycles. The summed E-state index contributed by atoms with van der Waals surface area (Å²) in [5.41, 5.74) is 9.74. The van der Waals surface area contributed by atoms with Gasteiger partial charge in [-0.05, 0) is 35.7 Å². The standard InChI is InChI=1S/C22H24N4O3/c1-15-5-10-19(25-12-15)29-14-17-8-6-16(7-9-17)13-26-22(27)18-4-3-11-24-20(18)21(23)28-2/h3-12,21H,13-14,23H2,1-2H3,(H,26,27). The molecule has 3 rings (SSSR count). The number of nitrogens with two attached hydrogens (primary N) is 1. The van der Waals surface area contributed by atoms with Crippen molar-refractivity contribution < 1.29 is 14.3 Å². The van der Waals surface area contributed by atoms with Crippen molar-refractivity contribution in [2.75, 3.05) is 7.11 Å². The number of hydrogen-bond acceptors (Lipinski definition) is 6. The summed E-state index contributed by atoms with van der Waals surface area (Å²) in [5.74, 6) is 0.340. The van der Waals surface area contributed by atoms with E-state index in [1.165, 1.54) is 7.11 Å². The summed E-state index contributed by atoms with van der Waals surface area (Å²) in [5, 5.41) is 2.89. The van der Waals surface area contributed by atoms with Gasteiger partial charge in [0.25, 0.3) is 5.91 Å². The minimum atomic E-state index is -0.751. The zero-order valence-corrected chi connectivity index (χ0v) is 16.5. The van der Waals surface area contributed by atoms with Crippen molar-refractivity contribution in [1.82, 2.24) is 15.3 Å². The fraction of sp³-hybridized carbons (Fsp3) is 0.227. The van der Waals surface area contributed by atoms with E-state index in [0.717, 1.165) is 16.7 Å². The van der Waals surface area contributed by atoms with Crippen LogP contribution in [0.3, 0.4) is 0 Å². The summed E-state index contributed by atoms with van der Waals surface area (Å²) in [7, 11) is 1.47. The first-order chi connectivity index (χ1) is 14.1. The second kappa shape index (κ2) is 9.77. The first-order valence-corrected chi connectivity index (χ1v) is 9.21. The lowest BCUT2D eigenvalue weighted by molar-refractivity contribution is 0.0910. The van der Waals surface area contributed by atoms with E-state index in [-0.39, 0.29) is 5.91 Å². The fourth-order valence-electron chi connectivity index (χ4n) is 2.68. The maximum atomic E-state index is 12.5. The normalized spacial score (nSPS) is 11.7. The summed E-state index contributed by atoms with van der Waals surface area (Å²) in [4.78, 5) is 20.9. The van der Waals surface area contributed by atoms with Crippen LogP contribution < -0.4 is 15.8 Å². The van der Waals surface area contributed by atoms with Gasteiger partial charge in [-0.3, -0.25) is 9.78 Å². The van der Waals surface area contributed by atoms with Crippen LogP contribution in [0.15, 0.2) is 60.9 Å². The molecule has 150 valence electrons. The molecule has 1 unspecified atom stereocenters. The molecule has 1 aromatic carbocycles. The lowest BCUT2D eigenvalue weighted by Crippen LogP contribution is -2.27. The predicted molar refractivity (Wildman–Crippen MR) is 109 cm³/mol. The van der Waals surface area contributed by atoms with E-state index in [9.17, 15) is 4.79 Å². The highest BCUT2D eigenvalue weighted by Crippen LogP contribution is 2.14. The number of nitrogens with zero attached hydrogens (tertiary/aromatic N) is 2. The van der Waals surface area contributed by atoms with Gasteiger partial charge in [0.1, 0.15) is 12.8 Å². The number of aryl methyl sites for hydroxylation is 1. The molecule has 0 aliphatic rings. The van der Waals surface area contributed by atoms with Crippen molar-refractivity contribution in [3.8, 4) is 5.88 Å². The molecular weight excluding hydrogens is 368 g/mol. The van der Waals surface area contributed by atoms with Crippen molar-refractivity contribution in [3.05, 3.63) is 88.9 Å². The molecule has 1 atom stereocenters.